The highest BCUT2D eigenvalue weighted by molar-refractivity contribution is 5.87. The molecule has 4 aliphatic carbocycles. The SMILES string of the molecule is C=C(C)C(=O)OC12C[C@@H]3C[C@@H](CC(CC(=O)OC(C)OCCC)(C3)C1)C2. The Labute approximate surface area is 156 Å². The molecule has 0 N–H and O–H groups in total. The van der Waals surface area contributed by atoms with Gasteiger partial charge in [-0.25, -0.2) is 4.79 Å². The van der Waals surface area contributed by atoms with E-state index in [2.05, 4.69) is 6.58 Å². The van der Waals surface area contributed by atoms with Gasteiger partial charge in [0.1, 0.15) is 5.60 Å². The minimum absolute atomic E-state index is 0.0962. The Morgan fingerprint density at radius 1 is 1.19 bits per heavy atom. The van der Waals surface area contributed by atoms with Gasteiger partial charge in [0.05, 0.1) is 13.0 Å². The van der Waals surface area contributed by atoms with Crippen molar-refractivity contribution in [1.29, 1.82) is 0 Å². The molecule has 4 rings (SSSR count). The van der Waals surface area contributed by atoms with E-state index in [1.807, 2.05) is 6.92 Å². The maximum absolute atomic E-state index is 12.5. The standard InChI is InChI=1S/C21H32O5/c1-5-6-24-15(4)25-18(22)12-20-8-16-7-17(9-20)11-21(10-16,13-20)26-19(23)14(2)3/h15-17H,2,5-13H2,1,3-4H3/t15?,16-,17+,20?,21?. The van der Waals surface area contributed by atoms with Gasteiger partial charge in [0.25, 0.3) is 0 Å². The smallest absolute Gasteiger partial charge is 0.333 e. The normalized spacial score (nSPS) is 35.8. The summed E-state index contributed by atoms with van der Waals surface area (Å²) in [7, 11) is 0. The number of esters is 2. The number of carbonyl (C=O) groups is 2. The summed E-state index contributed by atoms with van der Waals surface area (Å²) in [5, 5.41) is 0. The molecular weight excluding hydrogens is 332 g/mol. The first-order chi connectivity index (χ1) is 12.2. The van der Waals surface area contributed by atoms with E-state index in [1.165, 1.54) is 6.42 Å². The van der Waals surface area contributed by atoms with Crippen LogP contribution in [0.4, 0.5) is 0 Å². The Hall–Kier alpha value is -1.36. The van der Waals surface area contributed by atoms with Crippen LogP contribution in [-0.2, 0) is 23.8 Å². The van der Waals surface area contributed by atoms with Gasteiger partial charge in [0.15, 0.2) is 6.29 Å². The monoisotopic (exact) mass is 364 g/mol. The van der Waals surface area contributed by atoms with Crippen LogP contribution in [0.1, 0.15) is 72.1 Å². The number of hydrogen-bond donors (Lipinski definition) is 0. The molecule has 0 spiro atoms. The Balaban J connectivity index is 1.66. The molecule has 5 atom stereocenters. The number of rotatable bonds is 8. The lowest BCUT2D eigenvalue weighted by molar-refractivity contribution is -0.205. The van der Waals surface area contributed by atoms with Crippen LogP contribution in [0.15, 0.2) is 12.2 Å². The fraction of sp³-hybridized carbons (Fsp3) is 0.810. The van der Waals surface area contributed by atoms with E-state index in [0.29, 0.717) is 30.4 Å². The quantitative estimate of drug-likeness (QED) is 0.368. The van der Waals surface area contributed by atoms with Crippen LogP contribution in [0.5, 0.6) is 0 Å². The minimum atomic E-state index is -0.508. The summed E-state index contributed by atoms with van der Waals surface area (Å²) in [6, 6.07) is 0. The van der Waals surface area contributed by atoms with Crippen molar-refractivity contribution < 1.29 is 23.8 Å². The zero-order valence-corrected chi connectivity index (χ0v) is 16.3. The third-order valence-corrected chi connectivity index (χ3v) is 6.16. The highest BCUT2D eigenvalue weighted by Gasteiger charge is 2.60. The average molecular weight is 364 g/mol. The first-order valence-electron chi connectivity index (χ1n) is 9.95. The largest absolute Gasteiger partial charge is 0.456 e. The van der Waals surface area contributed by atoms with Crippen molar-refractivity contribution in [3.05, 3.63) is 12.2 Å². The summed E-state index contributed by atoms with van der Waals surface area (Å²) >= 11 is 0. The third-order valence-electron chi connectivity index (χ3n) is 6.16. The molecule has 26 heavy (non-hydrogen) atoms. The molecule has 0 amide bonds. The van der Waals surface area contributed by atoms with Gasteiger partial charge in [-0.15, -0.1) is 0 Å². The molecular formula is C21H32O5. The molecule has 0 saturated heterocycles. The van der Waals surface area contributed by atoms with Crippen LogP contribution in [-0.4, -0.2) is 30.4 Å². The third kappa shape index (κ3) is 4.13. The van der Waals surface area contributed by atoms with E-state index >= 15 is 0 Å². The molecule has 4 saturated carbocycles. The summed E-state index contributed by atoms with van der Waals surface area (Å²) < 4.78 is 16.9. The fourth-order valence-corrected chi connectivity index (χ4v) is 5.83. The Kier molecular flexibility index (Phi) is 5.48. The zero-order chi connectivity index (χ0) is 18.9. The lowest BCUT2D eigenvalue weighted by Gasteiger charge is -2.61. The molecule has 0 aromatic carbocycles. The Morgan fingerprint density at radius 2 is 1.85 bits per heavy atom. The van der Waals surface area contributed by atoms with Gasteiger partial charge in [-0.1, -0.05) is 13.5 Å². The van der Waals surface area contributed by atoms with Crippen molar-refractivity contribution in [1.82, 2.24) is 0 Å². The zero-order valence-electron chi connectivity index (χ0n) is 16.3. The Bertz CT molecular complexity index is 567. The topological polar surface area (TPSA) is 61.8 Å². The summed E-state index contributed by atoms with van der Waals surface area (Å²) in [5.74, 6) is 0.578. The molecule has 5 nitrogen and oxygen atoms in total. The van der Waals surface area contributed by atoms with Gasteiger partial charge in [-0.05, 0) is 76.0 Å². The van der Waals surface area contributed by atoms with E-state index in [9.17, 15) is 9.59 Å². The van der Waals surface area contributed by atoms with Crippen LogP contribution >= 0.6 is 0 Å². The average Bonchev–Trinajstić information content (AvgIpc) is 2.50. The number of hydrogen-bond acceptors (Lipinski definition) is 5. The predicted octanol–water partition coefficient (Wildman–Crippen LogP) is 4.15. The van der Waals surface area contributed by atoms with Crippen molar-refractivity contribution >= 4 is 11.9 Å². The summed E-state index contributed by atoms with van der Waals surface area (Å²) in [6.07, 6.45) is 6.67. The van der Waals surface area contributed by atoms with Gasteiger partial charge >= 0.3 is 11.9 Å². The van der Waals surface area contributed by atoms with Crippen molar-refractivity contribution in [3.63, 3.8) is 0 Å². The van der Waals surface area contributed by atoms with Gasteiger partial charge in [0, 0.05) is 5.57 Å². The van der Waals surface area contributed by atoms with Crippen LogP contribution in [0, 0.1) is 17.3 Å². The van der Waals surface area contributed by atoms with Crippen LogP contribution in [0.2, 0.25) is 0 Å². The molecule has 0 aromatic heterocycles. The van der Waals surface area contributed by atoms with Crippen LogP contribution in [0.25, 0.3) is 0 Å². The lowest BCUT2D eigenvalue weighted by Crippen LogP contribution is -2.58. The van der Waals surface area contributed by atoms with E-state index in [1.54, 1.807) is 13.8 Å². The molecule has 4 bridgehead atoms. The second-order valence-corrected chi connectivity index (χ2v) is 8.92. The molecule has 0 heterocycles. The van der Waals surface area contributed by atoms with Gasteiger partial charge in [-0.2, -0.15) is 0 Å². The van der Waals surface area contributed by atoms with Crippen molar-refractivity contribution in [2.75, 3.05) is 6.61 Å². The predicted molar refractivity (Wildman–Crippen MR) is 97.2 cm³/mol. The van der Waals surface area contributed by atoms with E-state index < -0.39 is 11.9 Å². The summed E-state index contributed by atoms with van der Waals surface area (Å²) in [5.41, 5.74) is -0.0674. The highest BCUT2D eigenvalue weighted by atomic mass is 16.7. The van der Waals surface area contributed by atoms with Gasteiger partial charge < -0.3 is 14.2 Å². The maximum atomic E-state index is 12.5. The first-order valence-corrected chi connectivity index (χ1v) is 9.95. The van der Waals surface area contributed by atoms with E-state index in [-0.39, 0.29) is 17.4 Å². The highest BCUT2D eigenvalue weighted by Crippen LogP contribution is 2.64. The molecule has 0 radical (unpaired) electrons. The van der Waals surface area contributed by atoms with Gasteiger partial charge in [-0.3, -0.25) is 4.79 Å². The molecule has 0 aromatic rings. The maximum Gasteiger partial charge on any atom is 0.333 e. The minimum Gasteiger partial charge on any atom is -0.456 e. The molecule has 4 aliphatic rings. The fourth-order valence-electron chi connectivity index (χ4n) is 5.83. The second-order valence-electron chi connectivity index (χ2n) is 8.92. The van der Waals surface area contributed by atoms with Crippen molar-refractivity contribution in [2.24, 2.45) is 17.3 Å². The summed E-state index contributed by atoms with van der Waals surface area (Å²) in [4.78, 5) is 24.7. The molecule has 146 valence electrons. The number of ether oxygens (including phenoxy) is 3. The Morgan fingerprint density at radius 3 is 2.42 bits per heavy atom. The molecule has 0 aliphatic heterocycles. The molecule has 4 fully saturated rings. The van der Waals surface area contributed by atoms with E-state index in [0.717, 1.165) is 38.5 Å². The van der Waals surface area contributed by atoms with Crippen LogP contribution < -0.4 is 0 Å². The second kappa shape index (κ2) is 7.34. The summed E-state index contributed by atoms with van der Waals surface area (Å²) in [6.45, 7) is 9.78. The molecule has 3 unspecified atom stereocenters. The number of carbonyl (C=O) groups excluding carboxylic acids is 2. The van der Waals surface area contributed by atoms with Gasteiger partial charge in [0.2, 0.25) is 0 Å². The lowest BCUT2D eigenvalue weighted by atomic mass is 9.47. The van der Waals surface area contributed by atoms with Crippen molar-refractivity contribution in [3.8, 4) is 0 Å². The molecule has 5 heteroatoms. The van der Waals surface area contributed by atoms with E-state index in [4.69, 9.17) is 14.2 Å². The van der Waals surface area contributed by atoms with Crippen molar-refractivity contribution in [2.45, 2.75) is 84.0 Å². The van der Waals surface area contributed by atoms with Crippen LogP contribution in [0.3, 0.4) is 0 Å². The first kappa shape index (κ1) is 19.4.